The van der Waals surface area contributed by atoms with Gasteiger partial charge in [0.25, 0.3) is 0 Å². The lowest BCUT2D eigenvalue weighted by Crippen LogP contribution is -2.01. The minimum atomic E-state index is 0.282. The maximum Gasteiger partial charge on any atom is 0.231 e. The van der Waals surface area contributed by atoms with Crippen molar-refractivity contribution in [1.82, 2.24) is 0 Å². The molecule has 0 aliphatic carbocycles. The molecule has 0 radical (unpaired) electrons. The number of rotatable bonds is 3. The second-order valence-electron chi connectivity index (χ2n) is 4.51. The van der Waals surface area contributed by atoms with E-state index in [1.165, 1.54) is 0 Å². The number of hydrogen-bond donors (Lipinski definition) is 2. The van der Waals surface area contributed by atoms with E-state index in [2.05, 4.69) is 5.32 Å². The number of nitrogens with one attached hydrogen (secondary N) is 1. The van der Waals surface area contributed by atoms with E-state index < -0.39 is 0 Å². The summed E-state index contributed by atoms with van der Waals surface area (Å²) in [5.74, 6) is 1.91. The molecule has 0 spiro atoms. The van der Waals surface area contributed by atoms with E-state index in [9.17, 15) is 5.11 Å². The van der Waals surface area contributed by atoms with Gasteiger partial charge in [-0.25, -0.2) is 0 Å². The van der Waals surface area contributed by atoms with Crippen LogP contribution >= 0.6 is 0 Å². The maximum absolute atomic E-state index is 9.49. The molecule has 1 aliphatic rings. The standard InChI is InChI=1S/C15H15NO3/c1-10-7-12(5-6-13(10)17)16-8-11-3-2-4-14-15(11)19-9-18-14/h2-7,16-17H,8-9H2,1H3. The number of hydrogen-bond acceptors (Lipinski definition) is 4. The van der Waals surface area contributed by atoms with Gasteiger partial charge in [-0.2, -0.15) is 0 Å². The third-order valence-corrected chi connectivity index (χ3v) is 3.16. The second-order valence-corrected chi connectivity index (χ2v) is 4.51. The highest BCUT2D eigenvalue weighted by Gasteiger charge is 2.16. The van der Waals surface area contributed by atoms with Crippen LogP contribution in [0.25, 0.3) is 0 Å². The maximum atomic E-state index is 9.49. The van der Waals surface area contributed by atoms with Crippen LogP contribution in [0.3, 0.4) is 0 Å². The molecular formula is C15H15NO3. The van der Waals surface area contributed by atoms with Crippen LogP contribution in [-0.2, 0) is 6.54 Å². The molecule has 2 aromatic rings. The van der Waals surface area contributed by atoms with E-state index >= 15 is 0 Å². The molecule has 3 rings (SSSR count). The number of phenols is 1. The van der Waals surface area contributed by atoms with Gasteiger partial charge in [0.05, 0.1) is 0 Å². The third-order valence-electron chi connectivity index (χ3n) is 3.16. The molecule has 0 amide bonds. The van der Waals surface area contributed by atoms with E-state index in [0.717, 1.165) is 28.3 Å². The summed E-state index contributed by atoms with van der Waals surface area (Å²) in [5, 5.41) is 12.8. The van der Waals surface area contributed by atoms with Gasteiger partial charge < -0.3 is 19.9 Å². The Morgan fingerprint density at radius 1 is 1.21 bits per heavy atom. The first-order valence-corrected chi connectivity index (χ1v) is 6.15. The zero-order valence-electron chi connectivity index (χ0n) is 10.6. The largest absolute Gasteiger partial charge is 0.508 e. The lowest BCUT2D eigenvalue weighted by Gasteiger charge is -2.10. The molecule has 2 N–H and O–H groups in total. The van der Waals surface area contributed by atoms with Crippen LogP contribution in [0.15, 0.2) is 36.4 Å². The van der Waals surface area contributed by atoms with Gasteiger partial charge in [0.2, 0.25) is 6.79 Å². The van der Waals surface area contributed by atoms with Gasteiger partial charge >= 0.3 is 0 Å². The summed E-state index contributed by atoms with van der Waals surface area (Å²) >= 11 is 0. The fourth-order valence-corrected chi connectivity index (χ4v) is 2.09. The van der Waals surface area contributed by atoms with Crippen LogP contribution in [-0.4, -0.2) is 11.9 Å². The third kappa shape index (κ3) is 2.29. The van der Waals surface area contributed by atoms with Gasteiger partial charge in [0.1, 0.15) is 5.75 Å². The fourth-order valence-electron chi connectivity index (χ4n) is 2.09. The number of aromatic hydroxyl groups is 1. The first-order chi connectivity index (χ1) is 9.24. The molecule has 1 heterocycles. The average molecular weight is 257 g/mol. The summed E-state index contributed by atoms with van der Waals surface area (Å²) < 4.78 is 10.8. The molecule has 98 valence electrons. The number of anilines is 1. The lowest BCUT2D eigenvalue weighted by molar-refractivity contribution is 0.173. The minimum Gasteiger partial charge on any atom is -0.508 e. The summed E-state index contributed by atoms with van der Waals surface area (Å²) in [5.41, 5.74) is 2.87. The van der Waals surface area contributed by atoms with Crippen LogP contribution in [0.2, 0.25) is 0 Å². The van der Waals surface area contributed by atoms with Crippen molar-refractivity contribution in [3.63, 3.8) is 0 Å². The summed E-state index contributed by atoms with van der Waals surface area (Å²) in [4.78, 5) is 0. The second kappa shape index (κ2) is 4.72. The van der Waals surface area contributed by atoms with Crippen molar-refractivity contribution < 1.29 is 14.6 Å². The van der Waals surface area contributed by atoms with Gasteiger partial charge in [-0.3, -0.25) is 0 Å². The molecule has 0 unspecified atom stereocenters. The summed E-state index contributed by atoms with van der Waals surface area (Å²) in [7, 11) is 0. The smallest absolute Gasteiger partial charge is 0.231 e. The highest BCUT2D eigenvalue weighted by atomic mass is 16.7. The van der Waals surface area contributed by atoms with Gasteiger partial charge in [-0.1, -0.05) is 12.1 Å². The topological polar surface area (TPSA) is 50.7 Å². The molecule has 0 saturated heterocycles. The Kier molecular flexibility index (Phi) is 2.91. The van der Waals surface area contributed by atoms with E-state index in [1.54, 1.807) is 6.07 Å². The van der Waals surface area contributed by atoms with Crippen molar-refractivity contribution in [2.45, 2.75) is 13.5 Å². The normalized spacial score (nSPS) is 12.5. The van der Waals surface area contributed by atoms with Crippen molar-refractivity contribution in [3.8, 4) is 17.2 Å². The molecule has 1 aliphatic heterocycles. The van der Waals surface area contributed by atoms with Gasteiger partial charge in [-0.15, -0.1) is 0 Å². The molecule has 0 atom stereocenters. The summed E-state index contributed by atoms with van der Waals surface area (Å²) in [6.07, 6.45) is 0. The monoisotopic (exact) mass is 257 g/mol. The Morgan fingerprint density at radius 2 is 2.11 bits per heavy atom. The zero-order chi connectivity index (χ0) is 13.2. The van der Waals surface area contributed by atoms with Crippen molar-refractivity contribution in [1.29, 1.82) is 0 Å². The Labute approximate surface area is 111 Å². The van der Waals surface area contributed by atoms with Crippen LogP contribution in [0, 0.1) is 6.92 Å². The Morgan fingerprint density at radius 3 is 2.95 bits per heavy atom. The number of phenolic OH excluding ortho intramolecular Hbond substituents is 1. The molecule has 2 aromatic carbocycles. The van der Waals surface area contributed by atoms with Crippen LogP contribution in [0.1, 0.15) is 11.1 Å². The molecule has 4 nitrogen and oxygen atoms in total. The fraction of sp³-hybridized carbons (Fsp3) is 0.200. The zero-order valence-corrected chi connectivity index (χ0v) is 10.6. The molecule has 0 fully saturated rings. The quantitative estimate of drug-likeness (QED) is 0.830. The van der Waals surface area contributed by atoms with Crippen LogP contribution < -0.4 is 14.8 Å². The Hall–Kier alpha value is -2.36. The van der Waals surface area contributed by atoms with Crippen LogP contribution in [0.4, 0.5) is 5.69 Å². The van der Waals surface area contributed by atoms with Gasteiger partial charge in [0, 0.05) is 17.8 Å². The van der Waals surface area contributed by atoms with Crippen molar-refractivity contribution in [3.05, 3.63) is 47.5 Å². The van der Waals surface area contributed by atoms with E-state index in [1.807, 2.05) is 37.3 Å². The first-order valence-electron chi connectivity index (χ1n) is 6.15. The molecule has 4 heteroatoms. The van der Waals surface area contributed by atoms with Crippen molar-refractivity contribution in [2.75, 3.05) is 12.1 Å². The van der Waals surface area contributed by atoms with Crippen molar-refractivity contribution >= 4 is 5.69 Å². The van der Waals surface area contributed by atoms with E-state index in [0.29, 0.717) is 12.3 Å². The van der Waals surface area contributed by atoms with E-state index in [-0.39, 0.29) is 6.79 Å². The average Bonchev–Trinajstić information content (AvgIpc) is 2.89. The summed E-state index contributed by atoms with van der Waals surface area (Å²) in [6.45, 7) is 2.80. The number of benzene rings is 2. The first kappa shape index (κ1) is 11.7. The highest BCUT2D eigenvalue weighted by molar-refractivity contribution is 5.53. The lowest BCUT2D eigenvalue weighted by atomic mass is 10.1. The number of para-hydroxylation sites is 1. The predicted molar refractivity (Wildman–Crippen MR) is 72.7 cm³/mol. The number of ether oxygens (including phenoxy) is 2. The highest BCUT2D eigenvalue weighted by Crippen LogP contribution is 2.35. The van der Waals surface area contributed by atoms with Gasteiger partial charge in [0.15, 0.2) is 11.5 Å². The van der Waals surface area contributed by atoms with E-state index in [4.69, 9.17) is 9.47 Å². The summed E-state index contributed by atoms with van der Waals surface area (Å²) in [6, 6.07) is 11.3. The molecule has 19 heavy (non-hydrogen) atoms. The van der Waals surface area contributed by atoms with Crippen molar-refractivity contribution in [2.24, 2.45) is 0 Å². The molecule has 0 aromatic heterocycles. The SMILES string of the molecule is Cc1cc(NCc2cccc3c2OCO3)ccc1O. The predicted octanol–water partition coefficient (Wildman–Crippen LogP) is 3.04. The molecule has 0 bridgehead atoms. The Bertz CT molecular complexity index is 610. The van der Waals surface area contributed by atoms with Gasteiger partial charge in [-0.05, 0) is 36.8 Å². The Balaban J connectivity index is 1.76. The van der Waals surface area contributed by atoms with Crippen LogP contribution in [0.5, 0.6) is 17.2 Å². The number of fused-ring (bicyclic) bond motifs is 1. The number of aryl methyl sites for hydroxylation is 1. The molecule has 0 saturated carbocycles. The molecular weight excluding hydrogens is 242 g/mol. The minimum absolute atomic E-state index is 0.282.